The van der Waals surface area contributed by atoms with Crippen LogP contribution in [0.15, 0.2) is 53.9 Å². The number of hydrogen-bond acceptors (Lipinski definition) is 7. The van der Waals surface area contributed by atoms with Gasteiger partial charge in [-0.05, 0) is 24.3 Å². The third-order valence-electron chi connectivity index (χ3n) is 3.29. The maximum absolute atomic E-state index is 12.4. The number of benzene rings is 1. The predicted octanol–water partition coefficient (Wildman–Crippen LogP) is 2.39. The molecule has 0 spiro atoms. The molecule has 0 saturated carbocycles. The Morgan fingerprint density at radius 1 is 1.26 bits per heavy atom. The van der Waals surface area contributed by atoms with Gasteiger partial charge in [0.1, 0.15) is 5.75 Å². The number of para-hydroxylation sites is 2. The zero-order valence-corrected chi connectivity index (χ0v) is 14.6. The number of alkyl halides is 2. The molecule has 8 nitrogen and oxygen atoms in total. The van der Waals surface area contributed by atoms with Crippen LogP contribution in [0.1, 0.15) is 0 Å². The first-order valence-corrected chi connectivity index (χ1v) is 8.60. The average Bonchev–Trinajstić information content (AvgIpc) is 3.02. The number of anilines is 1. The summed E-state index contributed by atoms with van der Waals surface area (Å²) in [6, 6.07) is 9.44. The quantitative estimate of drug-likeness (QED) is 0.469. The van der Waals surface area contributed by atoms with Crippen molar-refractivity contribution in [3.05, 3.63) is 48.8 Å². The van der Waals surface area contributed by atoms with Gasteiger partial charge in [-0.3, -0.25) is 9.78 Å². The zero-order chi connectivity index (χ0) is 19.2. The van der Waals surface area contributed by atoms with Crippen LogP contribution in [-0.4, -0.2) is 38.1 Å². The van der Waals surface area contributed by atoms with Crippen LogP contribution < -0.4 is 15.9 Å². The summed E-state index contributed by atoms with van der Waals surface area (Å²) in [6.45, 7) is -2.99. The molecule has 0 unspecified atom stereocenters. The first-order valence-electron chi connectivity index (χ1n) is 7.62. The van der Waals surface area contributed by atoms with Crippen molar-refractivity contribution in [3.63, 3.8) is 0 Å². The lowest BCUT2D eigenvalue weighted by atomic mass is 10.3. The number of amides is 1. The monoisotopic (exact) mass is 392 g/mol. The highest BCUT2D eigenvalue weighted by Gasteiger charge is 2.15. The number of aromatic nitrogens is 4. The third-order valence-corrected chi connectivity index (χ3v) is 4.24. The van der Waals surface area contributed by atoms with E-state index >= 15 is 0 Å². The molecule has 140 valence electrons. The minimum atomic E-state index is -2.99. The van der Waals surface area contributed by atoms with Crippen molar-refractivity contribution in [1.29, 1.82) is 0 Å². The molecule has 11 heteroatoms. The van der Waals surface area contributed by atoms with Gasteiger partial charge in [0.05, 0.1) is 11.4 Å². The molecule has 1 aromatic carbocycles. The molecule has 27 heavy (non-hydrogen) atoms. The number of halogens is 2. The van der Waals surface area contributed by atoms with Crippen molar-refractivity contribution in [2.75, 3.05) is 16.9 Å². The Morgan fingerprint density at radius 3 is 2.81 bits per heavy atom. The summed E-state index contributed by atoms with van der Waals surface area (Å²) in [5.74, 6) is 5.76. The van der Waals surface area contributed by atoms with Crippen LogP contribution in [0.5, 0.6) is 5.75 Å². The highest BCUT2D eigenvalue weighted by molar-refractivity contribution is 7.99. The lowest BCUT2D eigenvalue weighted by molar-refractivity contribution is -0.113. The SMILES string of the molecule is Nn1c(SCC(=O)Nc2ccccc2OC(F)F)nnc1-c1cccnc1. The fraction of sp³-hybridized carbons (Fsp3) is 0.125. The Labute approximate surface area is 156 Å². The van der Waals surface area contributed by atoms with E-state index in [9.17, 15) is 13.6 Å². The van der Waals surface area contributed by atoms with E-state index in [4.69, 9.17) is 5.84 Å². The number of carbonyl (C=O) groups excluding carboxylic acids is 1. The standard InChI is InChI=1S/C16H14F2N6O2S/c17-15(18)26-12-6-2-1-5-11(12)21-13(25)9-27-16-23-22-14(24(16)19)10-4-3-7-20-8-10/h1-8,15H,9,19H2,(H,21,25). The number of nitrogens with one attached hydrogen (secondary N) is 1. The number of hydrogen-bond donors (Lipinski definition) is 2. The number of nitrogens with two attached hydrogens (primary N) is 1. The van der Waals surface area contributed by atoms with E-state index in [1.807, 2.05) is 0 Å². The van der Waals surface area contributed by atoms with Crippen LogP contribution in [0.4, 0.5) is 14.5 Å². The van der Waals surface area contributed by atoms with Crippen LogP contribution in [0.25, 0.3) is 11.4 Å². The fourth-order valence-electron chi connectivity index (χ4n) is 2.15. The van der Waals surface area contributed by atoms with E-state index < -0.39 is 12.5 Å². The second-order valence-electron chi connectivity index (χ2n) is 5.13. The molecule has 2 aromatic heterocycles. The van der Waals surface area contributed by atoms with E-state index in [-0.39, 0.29) is 17.2 Å². The van der Waals surface area contributed by atoms with Crippen molar-refractivity contribution in [2.45, 2.75) is 11.8 Å². The maximum Gasteiger partial charge on any atom is 0.387 e. The smallest absolute Gasteiger partial charge is 0.387 e. The van der Waals surface area contributed by atoms with Gasteiger partial charge in [0.25, 0.3) is 0 Å². The van der Waals surface area contributed by atoms with Gasteiger partial charge in [0.2, 0.25) is 11.1 Å². The minimum absolute atomic E-state index is 0.0502. The Kier molecular flexibility index (Phi) is 5.81. The summed E-state index contributed by atoms with van der Waals surface area (Å²) in [4.78, 5) is 16.1. The summed E-state index contributed by atoms with van der Waals surface area (Å²) in [7, 11) is 0. The first kappa shape index (κ1) is 18.6. The second kappa shape index (κ2) is 8.45. The molecule has 3 aromatic rings. The van der Waals surface area contributed by atoms with Gasteiger partial charge in [-0.2, -0.15) is 8.78 Å². The number of ether oxygens (including phenoxy) is 1. The highest BCUT2D eigenvalue weighted by Crippen LogP contribution is 2.26. The van der Waals surface area contributed by atoms with Crippen LogP contribution >= 0.6 is 11.8 Å². The predicted molar refractivity (Wildman–Crippen MR) is 95.8 cm³/mol. The van der Waals surface area contributed by atoms with Crippen molar-refractivity contribution in [2.24, 2.45) is 0 Å². The lowest BCUT2D eigenvalue weighted by Gasteiger charge is -2.11. The van der Waals surface area contributed by atoms with Crippen LogP contribution in [0.2, 0.25) is 0 Å². The summed E-state index contributed by atoms with van der Waals surface area (Å²) >= 11 is 1.05. The lowest BCUT2D eigenvalue weighted by Crippen LogP contribution is -2.17. The van der Waals surface area contributed by atoms with Gasteiger partial charge < -0.3 is 15.9 Å². The average molecular weight is 392 g/mol. The molecule has 0 fully saturated rings. The summed E-state index contributed by atoms with van der Waals surface area (Å²) < 4.78 is 30.5. The summed E-state index contributed by atoms with van der Waals surface area (Å²) in [6.07, 6.45) is 3.21. The molecular formula is C16H14F2N6O2S. The molecule has 3 N–H and O–H groups in total. The van der Waals surface area contributed by atoms with E-state index in [0.29, 0.717) is 16.5 Å². The van der Waals surface area contributed by atoms with E-state index in [1.165, 1.54) is 22.9 Å². The molecular weight excluding hydrogens is 378 g/mol. The normalized spacial score (nSPS) is 10.8. The molecule has 0 saturated heterocycles. The van der Waals surface area contributed by atoms with Crippen LogP contribution in [0, 0.1) is 0 Å². The summed E-state index contributed by atoms with van der Waals surface area (Å²) in [5, 5.41) is 10.8. The van der Waals surface area contributed by atoms with E-state index in [2.05, 4.69) is 25.2 Å². The van der Waals surface area contributed by atoms with Gasteiger partial charge >= 0.3 is 6.61 Å². The van der Waals surface area contributed by atoms with Crippen molar-refractivity contribution in [3.8, 4) is 17.1 Å². The first-order chi connectivity index (χ1) is 13.0. The number of thioether (sulfide) groups is 1. The molecule has 1 amide bonds. The van der Waals surface area contributed by atoms with Crippen molar-refractivity contribution in [1.82, 2.24) is 19.9 Å². The Morgan fingerprint density at radius 2 is 2.07 bits per heavy atom. The van der Waals surface area contributed by atoms with E-state index in [1.54, 1.807) is 30.6 Å². The number of nitrogens with zero attached hydrogens (tertiary/aromatic N) is 4. The molecule has 0 radical (unpaired) electrons. The molecule has 0 aliphatic heterocycles. The Hall–Kier alpha value is -3.21. The Bertz CT molecular complexity index is 922. The van der Waals surface area contributed by atoms with Gasteiger partial charge in [-0.1, -0.05) is 23.9 Å². The highest BCUT2D eigenvalue weighted by atomic mass is 32.2. The molecule has 0 atom stereocenters. The van der Waals surface area contributed by atoms with E-state index in [0.717, 1.165) is 11.8 Å². The van der Waals surface area contributed by atoms with Gasteiger partial charge in [-0.25, -0.2) is 4.68 Å². The maximum atomic E-state index is 12.4. The summed E-state index contributed by atoms with van der Waals surface area (Å²) in [5.41, 5.74) is 0.829. The molecule has 0 aliphatic carbocycles. The Balaban J connectivity index is 1.63. The van der Waals surface area contributed by atoms with Crippen LogP contribution in [0.3, 0.4) is 0 Å². The van der Waals surface area contributed by atoms with Gasteiger partial charge in [0, 0.05) is 18.0 Å². The zero-order valence-electron chi connectivity index (χ0n) is 13.8. The number of rotatable bonds is 7. The third kappa shape index (κ3) is 4.70. The van der Waals surface area contributed by atoms with Crippen molar-refractivity contribution < 1.29 is 18.3 Å². The topological polar surface area (TPSA) is 108 Å². The minimum Gasteiger partial charge on any atom is -0.433 e. The molecule has 0 aliphatic rings. The largest absolute Gasteiger partial charge is 0.433 e. The van der Waals surface area contributed by atoms with Crippen molar-refractivity contribution >= 4 is 23.4 Å². The fourth-order valence-corrected chi connectivity index (χ4v) is 2.81. The second-order valence-corrected chi connectivity index (χ2v) is 6.07. The molecule has 3 rings (SSSR count). The number of pyridine rings is 1. The number of nitrogen functional groups attached to an aromatic ring is 1. The van der Waals surface area contributed by atoms with Crippen LogP contribution in [-0.2, 0) is 4.79 Å². The van der Waals surface area contributed by atoms with Gasteiger partial charge in [0.15, 0.2) is 5.82 Å². The van der Waals surface area contributed by atoms with Gasteiger partial charge in [-0.15, -0.1) is 10.2 Å². The molecule has 0 bridgehead atoms. The number of carbonyl (C=O) groups is 1. The molecule has 2 heterocycles.